The van der Waals surface area contributed by atoms with Gasteiger partial charge >= 0.3 is 0 Å². The number of halogens is 1. The van der Waals surface area contributed by atoms with Gasteiger partial charge in [-0.15, -0.1) is 0 Å². The standard InChI is InChI=1S/C12H13FN4O/c1-14-12(4-5-12)6-10-16-11(18-17-10)9-3-2-8(13)7-15-9/h2-3,7,14H,4-6H2,1H3. The molecule has 94 valence electrons. The Labute approximate surface area is 103 Å². The number of aromatic nitrogens is 3. The summed E-state index contributed by atoms with van der Waals surface area (Å²) in [5, 5.41) is 7.20. The summed E-state index contributed by atoms with van der Waals surface area (Å²) in [4.78, 5) is 8.19. The normalized spacial score (nSPS) is 16.8. The fourth-order valence-corrected chi connectivity index (χ4v) is 1.90. The van der Waals surface area contributed by atoms with Gasteiger partial charge in [-0.2, -0.15) is 4.98 Å². The minimum Gasteiger partial charge on any atom is -0.332 e. The minimum absolute atomic E-state index is 0.136. The van der Waals surface area contributed by atoms with Crippen LogP contribution in [0.4, 0.5) is 4.39 Å². The van der Waals surface area contributed by atoms with Crippen LogP contribution in [0.1, 0.15) is 18.7 Å². The molecule has 2 aromatic heterocycles. The number of likely N-dealkylation sites (N-methyl/N-ethyl adjacent to an activating group) is 1. The van der Waals surface area contributed by atoms with Gasteiger partial charge in [0.25, 0.3) is 5.89 Å². The van der Waals surface area contributed by atoms with Gasteiger partial charge in [0.1, 0.15) is 11.5 Å². The van der Waals surface area contributed by atoms with Crippen LogP contribution in [0, 0.1) is 5.82 Å². The largest absolute Gasteiger partial charge is 0.332 e. The lowest BCUT2D eigenvalue weighted by molar-refractivity contribution is 0.413. The minimum atomic E-state index is -0.384. The Kier molecular flexibility index (Phi) is 2.59. The summed E-state index contributed by atoms with van der Waals surface area (Å²) >= 11 is 0. The van der Waals surface area contributed by atoms with Gasteiger partial charge in [-0.3, -0.25) is 0 Å². The molecule has 1 fully saturated rings. The molecule has 0 aromatic carbocycles. The molecule has 1 aliphatic carbocycles. The van der Waals surface area contributed by atoms with E-state index in [-0.39, 0.29) is 11.4 Å². The van der Waals surface area contributed by atoms with E-state index in [1.807, 2.05) is 7.05 Å². The average Bonchev–Trinajstić information content (AvgIpc) is 3.00. The van der Waals surface area contributed by atoms with Crippen molar-refractivity contribution in [2.45, 2.75) is 24.8 Å². The molecule has 0 spiro atoms. The van der Waals surface area contributed by atoms with Crippen LogP contribution in [0.2, 0.25) is 0 Å². The fourth-order valence-electron chi connectivity index (χ4n) is 1.90. The zero-order valence-corrected chi connectivity index (χ0v) is 9.98. The number of hydrogen-bond donors (Lipinski definition) is 1. The van der Waals surface area contributed by atoms with Crippen LogP contribution in [-0.4, -0.2) is 27.7 Å². The number of nitrogens with one attached hydrogen (secondary N) is 1. The first-order valence-corrected chi connectivity index (χ1v) is 5.84. The van der Waals surface area contributed by atoms with Crippen LogP contribution in [0.25, 0.3) is 11.6 Å². The van der Waals surface area contributed by atoms with Crippen LogP contribution in [0.5, 0.6) is 0 Å². The summed E-state index contributed by atoms with van der Waals surface area (Å²) in [6.07, 6.45) is 4.13. The van der Waals surface area contributed by atoms with Crippen molar-refractivity contribution in [3.63, 3.8) is 0 Å². The Bertz CT molecular complexity index is 547. The summed E-state index contributed by atoms with van der Waals surface area (Å²) in [6, 6.07) is 2.85. The van der Waals surface area contributed by atoms with E-state index in [0.717, 1.165) is 25.5 Å². The quantitative estimate of drug-likeness (QED) is 0.889. The van der Waals surface area contributed by atoms with Gasteiger partial charge in [-0.05, 0) is 32.0 Å². The molecule has 6 heteroatoms. The third-order valence-corrected chi connectivity index (χ3v) is 3.29. The molecule has 0 aliphatic heterocycles. The lowest BCUT2D eigenvalue weighted by atomic mass is 10.2. The van der Waals surface area contributed by atoms with Crippen molar-refractivity contribution >= 4 is 0 Å². The molecule has 2 heterocycles. The zero-order valence-electron chi connectivity index (χ0n) is 9.98. The lowest BCUT2D eigenvalue weighted by Gasteiger charge is -2.09. The van der Waals surface area contributed by atoms with Crippen molar-refractivity contribution < 1.29 is 8.91 Å². The van der Waals surface area contributed by atoms with E-state index in [0.29, 0.717) is 17.4 Å². The maximum atomic E-state index is 12.7. The third kappa shape index (κ3) is 2.11. The summed E-state index contributed by atoms with van der Waals surface area (Å²) in [7, 11) is 1.94. The van der Waals surface area contributed by atoms with Gasteiger partial charge in [0.15, 0.2) is 5.82 Å². The first kappa shape index (κ1) is 11.3. The highest BCUT2D eigenvalue weighted by atomic mass is 19.1. The molecule has 0 atom stereocenters. The van der Waals surface area contributed by atoms with Crippen molar-refractivity contribution in [3.05, 3.63) is 30.0 Å². The van der Waals surface area contributed by atoms with E-state index < -0.39 is 0 Å². The average molecular weight is 248 g/mol. The van der Waals surface area contributed by atoms with E-state index in [9.17, 15) is 4.39 Å². The first-order valence-electron chi connectivity index (χ1n) is 5.84. The smallest absolute Gasteiger partial charge is 0.276 e. The molecular formula is C12H13FN4O. The number of pyridine rings is 1. The van der Waals surface area contributed by atoms with E-state index in [1.54, 1.807) is 0 Å². The van der Waals surface area contributed by atoms with Crippen molar-refractivity contribution in [1.82, 2.24) is 20.4 Å². The molecule has 1 saturated carbocycles. The maximum Gasteiger partial charge on any atom is 0.276 e. The molecule has 0 saturated heterocycles. The molecule has 1 aliphatic rings. The Morgan fingerprint density at radius 3 is 2.89 bits per heavy atom. The van der Waals surface area contributed by atoms with Crippen LogP contribution in [0.15, 0.2) is 22.9 Å². The molecule has 2 aromatic rings. The molecule has 3 rings (SSSR count). The summed E-state index contributed by atoms with van der Waals surface area (Å²) < 4.78 is 17.9. The first-order chi connectivity index (χ1) is 8.71. The SMILES string of the molecule is CNC1(Cc2noc(-c3ccc(F)cn3)n2)CC1. The van der Waals surface area contributed by atoms with E-state index in [1.165, 1.54) is 12.1 Å². The van der Waals surface area contributed by atoms with E-state index >= 15 is 0 Å². The van der Waals surface area contributed by atoms with Crippen LogP contribution in [-0.2, 0) is 6.42 Å². The predicted molar refractivity (Wildman–Crippen MR) is 62.2 cm³/mol. The second kappa shape index (κ2) is 4.13. The van der Waals surface area contributed by atoms with Crippen molar-refractivity contribution in [2.24, 2.45) is 0 Å². The van der Waals surface area contributed by atoms with Crippen LogP contribution in [0.3, 0.4) is 0 Å². The lowest BCUT2D eigenvalue weighted by Crippen LogP contribution is -2.29. The molecule has 0 amide bonds. The Balaban J connectivity index is 1.79. The molecule has 0 unspecified atom stereocenters. The topological polar surface area (TPSA) is 63.8 Å². The highest BCUT2D eigenvalue weighted by molar-refractivity contribution is 5.45. The Morgan fingerprint density at radius 2 is 2.28 bits per heavy atom. The summed E-state index contributed by atoms with van der Waals surface area (Å²) in [5.74, 6) is 0.602. The van der Waals surface area contributed by atoms with Crippen molar-refractivity contribution in [3.8, 4) is 11.6 Å². The molecule has 5 nitrogen and oxygen atoms in total. The van der Waals surface area contributed by atoms with Gasteiger partial charge in [0, 0.05) is 12.0 Å². The van der Waals surface area contributed by atoms with E-state index in [4.69, 9.17) is 4.52 Å². The van der Waals surface area contributed by atoms with Gasteiger partial charge in [-0.1, -0.05) is 5.16 Å². The Hall–Kier alpha value is -1.82. The Morgan fingerprint density at radius 1 is 1.44 bits per heavy atom. The molecule has 1 N–H and O–H groups in total. The van der Waals surface area contributed by atoms with Gasteiger partial charge < -0.3 is 9.84 Å². The summed E-state index contributed by atoms with van der Waals surface area (Å²) in [5.41, 5.74) is 0.627. The monoisotopic (exact) mass is 248 g/mol. The third-order valence-electron chi connectivity index (χ3n) is 3.29. The number of rotatable bonds is 4. The van der Waals surface area contributed by atoms with Crippen molar-refractivity contribution in [2.75, 3.05) is 7.05 Å². The fraction of sp³-hybridized carbons (Fsp3) is 0.417. The molecular weight excluding hydrogens is 235 g/mol. The maximum absolute atomic E-state index is 12.7. The number of hydrogen-bond acceptors (Lipinski definition) is 5. The van der Waals surface area contributed by atoms with Gasteiger partial charge in [-0.25, -0.2) is 9.37 Å². The molecule has 0 bridgehead atoms. The predicted octanol–water partition coefficient (Wildman–Crippen LogP) is 1.57. The molecule has 0 radical (unpaired) electrons. The highest BCUT2D eigenvalue weighted by Crippen LogP contribution is 2.37. The van der Waals surface area contributed by atoms with Crippen molar-refractivity contribution in [1.29, 1.82) is 0 Å². The van der Waals surface area contributed by atoms with Gasteiger partial charge in [0.05, 0.1) is 6.20 Å². The van der Waals surface area contributed by atoms with E-state index in [2.05, 4.69) is 20.4 Å². The highest BCUT2D eigenvalue weighted by Gasteiger charge is 2.42. The second-order valence-electron chi connectivity index (χ2n) is 4.58. The van der Waals surface area contributed by atoms with Crippen LogP contribution >= 0.6 is 0 Å². The second-order valence-corrected chi connectivity index (χ2v) is 4.58. The molecule has 18 heavy (non-hydrogen) atoms. The zero-order chi connectivity index (χ0) is 12.6. The van der Waals surface area contributed by atoms with Gasteiger partial charge in [0.2, 0.25) is 0 Å². The van der Waals surface area contributed by atoms with Crippen LogP contribution < -0.4 is 5.32 Å². The number of nitrogens with zero attached hydrogens (tertiary/aromatic N) is 3. The summed E-state index contributed by atoms with van der Waals surface area (Å²) in [6.45, 7) is 0.